The summed E-state index contributed by atoms with van der Waals surface area (Å²) in [4.78, 5) is 23.6. The third-order valence-corrected chi connectivity index (χ3v) is 6.36. The third-order valence-electron chi connectivity index (χ3n) is 6.36. The summed E-state index contributed by atoms with van der Waals surface area (Å²) in [6, 6.07) is 6.98. The minimum atomic E-state index is -4.44. The Morgan fingerprint density at radius 2 is 1.85 bits per heavy atom. The van der Waals surface area contributed by atoms with E-state index in [-0.39, 0.29) is 16.9 Å². The number of aryl methyl sites for hydroxylation is 1. The number of anilines is 1. The maximum absolute atomic E-state index is 15.1. The largest absolute Gasteiger partial charge is 0.416 e. The summed E-state index contributed by atoms with van der Waals surface area (Å²) in [5, 5.41) is 0. The van der Waals surface area contributed by atoms with Crippen LogP contribution in [0.15, 0.2) is 42.6 Å². The maximum Gasteiger partial charge on any atom is 0.416 e. The van der Waals surface area contributed by atoms with Crippen molar-refractivity contribution in [2.75, 3.05) is 12.3 Å². The van der Waals surface area contributed by atoms with Crippen LogP contribution in [0.5, 0.6) is 0 Å². The molecule has 0 radical (unpaired) electrons. The van der Waals surface area contributed by atoms with Crippen LogP contribution in [-0.2, 0) is 6.18 Å². The number of imidazole rings is 1. The van der Waals surface area contributed by atoms with Gasteiger partial charge in [-0.05, 0) is 49.9 Å². The number of halogens is 4. The summed E-state index contributed by atoms with van der Waals surface area (Å²) in [6.45, 7) is 2.14. The minimum absolute atomic E-state index is 0.132. The number of hydrogen-bond donors (Lipinski definition) is 1. The molecule has 6 nitrogen and oxygen atoms in total. The second-order valence-electron chi connectivity index (χ2n) is 8.47. The second-order valence-corrected chi connectivity index (χ2v) is 8.47. The van der Waals surface area contributed by atoms with E-state index in [1.807, 2.05) is 0 Å². The molecule has 1 amide bonds. The van der Waals surface area contributed by atoms with Gasteiger partial charge < -0.3 is 10.6 Å². The van der Waals surface area contributed by atoms with Gasteiger partial charge in [0.2, 0.25) is 0 Å². The normalized spacial score (nSPS) is 17.0. The lowest BCUT2D eigenvalue weighted by Gasteiger charge is -2.36. The van der Waals surface area contributed by atoms with E-state index in [0.717, 1.165) is 25.0 Å². The van der Waals surface area contributed by atoms with Gasteiger partial charge in [-0.2, -0.15) is 13.2 Å². The van der Waals surface area contributed by atoms with Crippen molar-refractivity contribution in [3.05, 3.63) is 70.9 Å². The van der Waals surface area contributed by atoms with Crippen LogP contribution >= 0.6 is 0 Å². The second kappa shape index (κ2) is 7.96. The summed E-state index contributed by atoms with van der Waals surface area (Å²) in [5.41, 5.74) is 7.02. The van der Waals surface area contributed by atoms with Crippen molar-refractivity contribution < 1.29 is 22.4 Å². The van der Waals surface area contributed by atoms with E-state index < -0.39 is 29.5 Å². The highest BCUT2D eigenvalue weighted by atomic mass is 19.4. The quantitative estimate of drug-likeness (QED) is 0.403. The van der Waals surface area contributed by atoms with Crippen molar-refractivity contribution in [3.8, 4) is 0 Å². The number of alkyl halides is 3. The molecule has 2 aromatic carbocycles. The number of amides is 1. The van der Waals surface area contributed by atoms with Crippen LogP contribution in [0, 0.1) is 12.7 Å². The van der Waals surface area contributed by atoms with E-state index in [2.05, 4.69) is 9.97 Å². The molecule has 3 heterocycles. The summed E-state index contributed by atoms with van der Waals surface area (Å²) in [7, 11) is 0. The zero-order chi connectivity index (χ0) is 24.2. The summed E-state index contributed by atoms with van der Waals surface area (Å²) in [6.07, 6.45) is -0.764. The van der Waals surface area contributed by atoms with Crippen LogP contribution in [0.1, 0.15) is 52.6 Å². The van der Waals surface area contributed by atoms with Gasteiger partial charge >= 0.3 is 6.18 Å². The molecular formula is C24H21F4N5O. The zero-order valence-corrected chi connectivity index (χ0v) is 18.2. The van der Waals surface area contributed by atoms with Crippen LogP contribution in [0.2, 0.25) is 0 Å². The Kier molecular flexibility index (Phi) is 5.18. The zero-order valence-electron chi connectivity index (χ0n) is 18.2. The molecule has 0 bridgehead atoms. The molecule has 10 heteroatoms. The molecule has 1 atom stereocenters. The highest BCUT2D eigenvalue weighted by molar-refractivity contribution is 5.98. The molecule has 0 aliphatic carbocycles. The molecule has 0 saturated carbocycles. The molecule has 4 aromatic rings. The molecule has 0 unspecified atom stereocenters. The monoisotopic (exact) mass is 471 g/mol. The average Bonchev–Trinajstić information content (AvgIpc) is 3.20. The van der Waals surface area contributed by atoms with Crippen molar-refractivity contribution in [2.45, 2.75) is 38.4 Å². The predicted molar refractivity (Wildman–Crippen MR) is 119 cm³/mol. The lowest BCUT2D eigenvalue weighted by Crippen LogP contribution is -2.39. The molecule has 0 spiro atoms. The van der Waals surface area contributed by atoms with Gasteiger partial charge in [0.25, 0.3) is 5.91 Å². The van der Waals surface area contributed by atoms with Crippen LogP contribution < -0.4 is 5.73 Å². The number of nitrogen functional groups attached to an aromatic ring is 1. The first kappa shape index (κ1) is 22.1. The van der Waals surface area contributed by atoms with Gasteiger partial charge in [-0.1, -0.05) is 12.1 Å². The topological polar surface area (TPSA) is 76.5 Å². The van der Waals surface area contributed by atoms with E-state index in [1.165, 1.54) is 24.3 Å². The van der Waals surface area contributed by atoms with E-state index in [4.69, 9.17) is 5.73 Å². The average molecular weight is 471 g/mol. The van der Waals surface area contributed by atoms with Crippen molar-refractivity contribution in [3.63, 3.8) is 0 Å². The Hall–Kier alpha value is -3.69. The number of nitrogens with two attached hydrogens (primary N) is 1. The molecule has 5 rings (SSSR count). The third kappa shape index (κ3) is 3.63. The molecule has 1 aliphatic rings. The fraction of sp³-hybridized carbons (Fsp3) is 0.292. The number of aromatic nitrogens is 3. The lowest BCUT2D eigenvalue weighted by molar-refractivity contribution is -0.137. The van der Waals surface area contributed by atoms with Crippen molar-refractivity contribution >= 4 is 28.3 Å². The number of piperidine rings is 1. The Bertz CT molecular complexity index is 1410. The Morgan fingerprint density at radius 3 is 2.56 bits per heavy atom. The van der Waals surface area contributed by atoms with Gasteiger partial charge in [0.15, 0.2) is 0 Å². The van der Waals surface area contributed by atoms with Gasteiger partial charge in [0.05, 0.1) is 34.4 Å². The number of carbonyl (C=O) groups is 1. The van der Waals surface area contributed by atoms with Crippen molar-refractivity contribution in [1.29, 1.82) is 0 Å². The molecule has 1 saturated heterocycles. The number of benzene rings is 2. The summed E-state index contributed by atoms with van der Waals surface area (Å²) >= 11 is 0. The molecular weight excluding hydrogens is 450 g/mol. The first-order valence-corrected chi connectivity index (χ1v) is 10.9. The SMILES string of the molecule is Cc1ncc2c(N)nc3cc(F)c(C(=O)N4CCCC[C@@H]4c4ccc(C(F)(F)F)cc4)cc3n12. The molecule has 2 aromatic heterocycles. The maximum atomic E-state index is 15.1. The number of nitrogens with zero attached hydrogens (tertiary/aromatic N) is 4. The Balaban J connectivity index is 1.56. The van der Waals surface area contributed by atoms with Gasteiger partial charge in [-0.25, -0.2) is 14.4 Å². The van der Waals surface area contributed by atoms with Crippen LogP contribution in [-0.4, -0.2) is 31.7 Å². The molecule has 34 heavy (non-hydrogen) atoms. The van der Waals surface area contributed by atoms with Crippen molar-refractivity contribution in [1.82, 2.24) is 19.3 Å². The summed E-state index contributed by atoms with van der Waals surface area (Å²) < 4.78 is 55.8. The van der Waals surface area contributed by atoms with Crippen LogP contribution in [0.3, 0.4) is 0 Å². The number of carbonyl (C=O) groups excluding carboxylic acids is 1. The Morgan fingerprint density at radius 1 is 1.12 bits per heavy atom. The number of likely N-dealkylation sites (tertiary alicyclic amines) is 1. The predicted octanol–water partition coefficient (Wildman–Crippen LogP) is 5.30. The van der Waals surface area contributed by atoms with E-state index in [0.29, 0.717) is 35.4 Å². The van der Waals surface area contributed by atoms with Gasteiger partial charge in [-0.15, -0.1) is 0 Å². The highest BCUT2D eigenvalue weighted by Crippen LogP contribution is 2.35. The van der Waals surface area contributed by atoms with Crippen LogP contribution in [0.25, 0.3) is 16.6 Å². The first-order valence-electron chi connectivity index (χ1n) is 10.9. The number of hydrogen-bond acceptors (Lipinski definition) is 4. The molecule has 176 valence electrons. The van der Waals surface area contributed by atoms with Gasteiger partial charge in [0, 0.05) is 12.6 Å². The van der Waals surface area contributed by atoms with Crippen LogP contribution in [0.4, 0.5) is 23.4 Å². The lowest BCUT2D eigenvalue weighted by atomic mass is 9.93. The smallest absolute Gasteiger partial charge is 0.382 e. The standard InChI is InChI=1S/C24H21F4N5O/c1-13-30-12-21-22(29)31-18-11-17(25)16(10-20(18)33(13)21)23(34)32-9-3-2-4-19(32)14-5-7-15(8-6-14)24(26,27)28/h5-8,10-12,19H,2-4,9H2,1H3,(H2,29,31)/t19-/m1/s1. The Labute approximate surface area is 192 Å². The van der Waals surface area contributed by atoms with E-state index >= 15 is 4.39 Å². The van der Waals surface area contributed by atoms with Crippen molar-refractivity contribution in [2.24, 2.45) is 0 Å². The molecule has 1 aliphatic heterocycles. The fourth-order valence-electron chi connectivity index (χ4n) is 4.67. The number of rotatable bonds is 2. The van der Waals surface area contributed by atoms with Gasteiger partial charge in [0.1, 0.15) is 23.0 Å². The first-order chi connectivity index (χ1) is 16.1. The van der Waals surface area contributed by atoms with E-state index in [1.54, 1.807) is 22.4 Å². The molecule has 1 fully saturated rings. The van der Waals surface area contributed by atoms with Gasteiger partial charge in [-0.3, -0.25) is 9.20 Å². The number of fused-ring (bicyclic) bond motifs is 3. The highest BCUT2D eigenvalue weighted by Gasteiger charge is 2.33. The summed E-state index contributed by atoms with van der Waals surface area (Å²) in [5.74, 6) is -0.449. The minimum Gasteiger partial charge on any atom is -0.382 e. The van der Waals surface area contributed by atoms with E-state index in [9.17, 15) is 18.0 Å². The molecule has 2 N–H and O–H groups in total. The fourth-order valence-corrected chi connectivity index (χ4v) is 4.67.